The van der Waals surface area contributed by atoms with Crippen LogP contribution in [-0.2, 0) is 0 Å². The summed E-state index contributed by atoms with van der Waals surface area (Å²) in [6, 6.07) is 8.81. The fourth-order valence-electron chi connectivity index (χ4n) is 7.38. The summed E-state index contributed by atoms with van der Waals surface area (Å²) < 4.78 is 6.38. The van der Waals surface area contributed by atoms with E-state index in [-0.39, 0.29) is 5.41 Å². The zero-order valence-electron chi connectivity index (χ0n) is 21.6. The Kier molecular flexibility index (Phi) is 8.24. The lowest BCUT2D eigenvalue weighted by Gasteiger charge is -2.53. The lowest BCUT2D eigenvalue weighted by atomic mass is 9.53. The highest BCUT2D eigenvalue weighted by molar-refractivity contribution is 5.58. The van der Waals surface area contributed by atoms with E-state index in [2.05, 4.69) is 32.1 Å². The predicted molar refractivity (Wildman–Crippen MR) is 138 cm³/mol. The maximum Gasteiger partial charge on any atom is 0.138 e. The summed E-state index contributed by atoms with van der Waals surface area (Å²) in [5.74, 6) is 1.86. The molecule has 1 aromatic carbocycles. The van der Waals surface area contributed by atoms with Crippen LogP contribution in [0, 0.1) is 39.4 Å². The molecule has 2 bridgehead atoms. The van der Waals surface area contributed by atoms with E-state index in [1.807, 2.05) is 6.07 Å². The van der Waals surface area contributed by atoms with Crippen molar-refractivity contribution in [1.29, 1.82) is 10.5 Å². The zero-order valence-corrected chi connectivity index (χ0v) is 21.6. The number of unbranched alkanes of at least 4 members (excludes halogenated alkanes) is 2. The van der Waals surface area contributed by atoms with E-state index >= 15 is 0 Å². The molecular formula is C31H44N2O. The van der Waals surface area contributed by atoms with Gasteiger partial charge in [0.1, 0.15) is 23.5 Å². The molecule has 34 heavy (non-hydrogen) atoms. The summed E-state index contributed by atoms with van der Waals surface area (Å²) in [4.78, 5) is 0. The highest BCUT2D eigenvalue weighted by Gasteiger charge is 2.48. The van der Waals surface area contributed by atoms with Crippen LogP contribution in [0.4, 0.5) is 0 Å². The van der Waals surface area contributed by atoms with E-state index in [4.69, 9.17) is 4.74 Å². The van der Waals surface area contributed by atoms with Gasteiger partial charge in [0.25, 0.3) is 0 Å². The van der Waals surface area contributed by atoms with Gasteiger partial charge in [-0.3, -0.25) is 0 Å². The van der Waals surface area contributed by atoms with Crippen LogP contribution in [0.2, 0.25) is 0 Å². The molecule has 0 aliphatic heterocycles. The second-order valence-electron chi connectivity index (χ2n) is 11.9. The monoisotopic (exact) mass is 460 g/mol. The Morgan fingerprint density at radius 1 is 0.824 bits per heavy atom. The molecule has 0 aromatic heterocycles. The number of hydrogen-bond donors (Lipinski definition) is 0. The molecule has 0 amide bonds. The molecule has 0 radical (unpaired) electrons. The van der Waals surface area contributed by atoms with Gasteiger partial charge in [-0.15, -0.1) is 0 Å². The molecule has 1 aromatic rings. The van der Waals surface area contributed by atoms with Crippen LogP contribution in [0.1, 0.15) is 139 Å². The van der Waals surface area contributed by atoms with E-state index < -0.39 is 0 Å². The topological polar surface area (TPSA) is 56.8 Å². The highest BCUT2D eigenvalue weighted by Crippen LogP contribution is 2.59. The van der Waals surface area contributed by atoms with Crippen molar-refractivity contribution in [3.05, 3.63) is 28.8 Å². The molecule has 4 saturated carbocycles. The van der Waals surface area contributed by atoms with E-state index in [0.29, 0.717) is 34.8 Å². The van der Waals surface area contributed by atoms with Gasteiger partial charge in [0.15, 0.2) is 0 Å². The normalized spacial score (nSPS) is 30.5. The lowest BCUT2D eigenvalue weighted by molar-refractivity contribution is -0.0409. The first-order valence-corrected chi connectivity index (χ1v) is 14.2. The van der Waals surface area contributed by atoms with Crippen molar-refractivity contribution in [2.45, 2.75) is 122 Å². The molecule has 3 heteroatoms. The minimum atomic E-state index is 0.266. The van der Waals surface area contributed by atoms with Gasteiger partial charge in [-0.05, 0) is 99.5 Å². The van der Waals surface area contributed by atoms with Crippen molar-refractivity contribution < 1.29 is 4.74 Å². The third kappa shape index (κ3) is 5.30. The SMILES string of the molecule is CCCCCC12CCC(COc3ccc(C4CCC(CCC)CC4)c(C#N)c3C#N)(CC1)CC2. The minimum Gasteiger partial charge on any atom is -0.492 e. The molecule has 0 heterocycles. The molecule has 5 rings (SSSR count). The Morgan fingerprint density at radius 3 is 2.06 bits per heavy atom. The summed E-state index contributed by atoms with van der Waals surface area (Å²) in [7, 11) is 0. The number of hydrogen-bond acceptors (Lipinski definition) is 3. The van der Waals surface area contributed by atoms with Gasteiger partial charge in [0.2, 0.25) is 0 Å². The molecule has 4 aliphatic rings. The molecule has 4 aliphatic carbocycles. The molecule has 3 nitrogen and oxygen atoms in total. The zero-order chi connectivity index (χ0) is 24.0. The first-order chi connectivity index (χ1) is 16.6. The van der Waals surface area contributed by atoms with Gasteiger partial charge >= 0.3 is 0 Å². The maximum atomic E-state index is 10.0. The number of ether oxygens (including phenoxy) is 1. The predicted octanol–water partition coefficient (Wildman–Crippen LogP) is 8.80. The van der Waals surface area contributed by atoms with Crippen molar-refractivity contribution in [2.75, 3.05) is 6.61 Å². The number of nitrogens with zero attached hydrogens (tertiary/aromatic N) is 2. The van der Waals surface area contributed by atoms with Crippen molar-refractivity contribution in [3.8, 4) is 17.9 Å². The van der Waals surface area contributed by atoms with Crippen molar-refractivity contribution >= 4 is 0 Å². The molecule has 4 fully saturated rings. The Bertz CT molecular complexity index is 888. The maximum absolute atomic E-state index is 10.0. The van der Waals surface area contributed by atoms with Crippen LogP contribution >= 0.6 is 0 Å². The average molecular weight is 461 g/mol. The van der Waals surface area contributed by atoms with Crippen LogP contribution in [0.25, 0.3) is 0 Å². The number of benzene rings is 1. The van der Waals surface area contributed by atoms with Crippen LogP contribution in [0.15, 0.2) is 12.1 Å². The second-order valence-corrected chi connectivity index (χ2v) is 11.9. The van der Waals surface area contributed by atoms with E-state index in [9.17, 15) is 10.5 Å². The fourth-order valence-corrected chi connectivity index (χ4v) is 7.38. The second kappa shape index (κ2) is 11.2. The number of fused-ring (bicyclic) bond motifs is 3. The van der Waals surface area contributed by atoms with Crippen molar-refractivity contribution in [1.82, 2.24) is 0 Å². The number of nitriles is 2. The highest BCUT2D eigenvalue weighted by atomic mass is 16.5. The molecule has 0 saturated heterocycles. The Morgan fingerprint density at radius 2 is 1.47 bits per heavy atom. The molecule has 0 unspecified atom stereocenters. The molecule has 0 spiro atoms. The largest absolute Gasteiger partial charge is 0.492 e. The summed E-state index contributed by atoms with van der Waals surface area (Å²) >= 11 is 0. The smallest absolute Gasteiger partial charge is 0.138 e. The Labute approximate surface area is 207 Å². The summed E-state index contributed by atoms with van der Waals surface area (Å²) in [6.45, 7) is 5.25. The molecular weight excluding hydrogens is 416 g/mol. The van der Waals surface area contributed by atoms with Crippen LogP contribution in [0.3, 0.4) is 0 Å². The van der Waals surface area contributed by atoms with Crippen molar-refractivity contribution in [2.24, 2.45) is 16.7 Å². The number of rotatable bonds is 10. The minimum absolute atomic E-state index is 0.266. The van der Waals surface area contributed by atoms with Gasteiger partial charge in [0.05, 0.1) is 12.2 Å². The van der Waals surface area contributed by atoms with Crippen molar-refractivity contribution in [3.63, 3.8) is 0 Å². The quantitative estimate of drug-likeness (QED) is 0.328. The average Bonchev–Trinajstić information content (AvgIpc) is 2.89. The Hall–Kier alpha value is -2.00. The van der Waals surface area contributed by atoms with E-state index in [1.165, 1.54) is 89.9 Å². The van der Waals surface area contributed by atoms with Gasteiger partial charge in [-0.25, -0.2) is 0 Å². The Balaban J connectivity index is 1.41. The standard InChI is InChI=1S/C31H44N2O/c1-3-5-6-14-30-15-18-31(19-16-30,20-17-30)23-34-29-13-12-26(27(21-32)28(29)22-33)25-10-8-24(7-4-2)9-11-25/h12-13,24-25H,3-11,14-20,23H2,1-2H3. The summed E-state index contributed by atoms with van der Waals surface area (Å²) in [5.41, 5.74) is 2.97. The van der Waals surface area contributed by atoms with Crippen LogP contribution < -0.4 is 4.74 Å². The third-order valence-corrected chi connectivity index (χ3v) is 9.81. The van der Waals surface area contributed by atoms with Gasteiger partial charge in [0, 0.05) is 5.41 Å². The summed E-state index contributed by atoms with van der Waals surface area (Å²) in [5, 5.41) is 20.0. The fraction of sp³-hybridized carbons (Fsp3) is 0.742. The van der Waals surface area contributed by atoms with Gasteiger partial charge in [-0.1, -0.05) is 52.0 Å². The molecule has 0 atom stereocenters. The first-order valence-electron chi connectivity index (χ1n) is 14.2. The van der Waals surface area contributed by atoms with Gasteiger partial charge in [-0.2, -0.15) is 10.5 Å². The van der Waals surface area contributed by atoms with Gasteiger partial charge < -0.3 is 4.74 Å². The van der Waals surface area contributed by atoms with Crippen LogP contribution in [-0.4, -0.2) is 6.61 Å². The van der Waals surface area contributed by atoms with Crippen LogP contribution in [0.5, 0.6) is 5.75 Å². The summed E-state index contributed by atoms with van der Waals surface area (Å²) in [6.07, 6.45) is 20.6. The molecule has 184 valence electrons. The first kappa shape index (κ1) is 25.1. The third-order valence-electron chi connectivity index (χ3n) is 9.81. The molecule has 0 N–H and O–H groups in total. The van der Waals surface area contributed by atoms with E-state index in [1.54, 1.807) is 0 Å². The lowest BCUT2D eigenvalue weighted by Crippen LogP contribution is -2.44. The van der Waals surface area contributed by atoms with E-state index in [0.717, 1.165) is 24.3 Å².